The van der Waals surface area contributed by atoms with E-state index in [0.717, 1.165) is 52.4 Å². The Morgan fingerprint density at radius 1 is 0.378 bits per heavy atom. The quantitative estimate of drug-likeness (QED) is 0.0561. The zero-order valence-corrected chi connectivity index (χ0v) is 50.0. The van der Waals surface area contributed by atoms with Crippen LogP contribution < -0.4 is 51.4 Å². The molecule has 74 heavy (non-hydrogen) atoms. The van der Waals surface area contributed by atoms with Gasteiger partial charge in [0.25, 0.3) is 0 Å². The first-order valence-corrected chi connectivity index (χ1v) is 34.2. The summed E-state index contributed by atoms with van der Waals surface area (Å²) >= 11 is -2.13. The number of hydrogen-bond acceptors (Lipinski definition) is 5. The standard InChI is InChI=1S/C60H68N4P2.C3H6NO.2ClH.Ru/c1-9-61(10-2)47-27-35-51(36-28-47)65(52-37-29-48(30-38-52)62(11-3)12-4)57-43-25-45-21-17-19-23-55(45)59(57)60-56-24-20-18-22-46(56)26-44-58(60)66(53-39-31-49(32-40-53)63(13-5)14-6)54-41-33-50(34-42-54)64(15-7)16-8;1-4(2)3-5;;;/h17-44H,9-16H2,1-8H3;1-2H3;2*1H;/q;;;;+2/p-2. The number of anilines is 4. The third-order valence-electron chi connectivity index (χ3n) is 13.9. The molecule has 0 aliphatic rings. The maximum absolute atomic E-state index is 10.6. The summed E-state index contributed by atoms with van der Waals surface area (Å²) in [4.78, 5) is 21.7. The normalized spacial score (nSPS) is 11.4. The second-order valence-electron chi connectivity index (χ2n) is 18.1. The van der Waals surface area contributed by atoms with Crippen molar-refractivity contribution in [3.63, 3.8) is 0 Å². The van der Waals surface area contributed by atoms with E-state index in [1.807, 2.05) is 0 Å². The first kappa shape index (κ1) is 56.7. The molecule has 8 rings (SSSR count). The number of fused-ring (bicyclic) bond motifs is 2. The molecule has 0 heterocycles. The average Bonchev–Trinajstić information content (AvgIpc) is 3.44. The van der Waals surface area contributed by atoms with Gasteiger partial charge in [0.1, 0.15) is 0 Å². The molecule has 0 radical (unpaired) electrons. The van der Waals surface area contributed by atoms with Gasteiger partial charge in [-0.2, -0.15) is 0 Å². The van der Waals surface area contributed by atoms with Gasteiger partial charge in [-0.25, -0.2) is 0 Å². The molecule has 0 spiro atoms. The molecular formula is C63H74Cl2N5OP2Ru. The Bertz CT molecular complexity index is 2730. The number of halogens is 2. The van der Waals surface area contributed by atoms with Gasteiger partial charge in [-0.1, -0.05) is 121 Å². The molecule has 0 N–H and O–H groups in total. The van der Waals surface area contributed by atoms with Crippen LogP contribution in [0, 0.1) is 0 Å². The molecule has 0 fully saturated rings. The van der Waals surface area contributed by atoms with Gasteiger partial charge in [0, 0.05) is 75.1 Å². The fourth-order valence-corrected chi connectivity index (χ4v) is 16.9. The fraction of sp³-hybridized carbons (Fsp3) is 0.286. The van der Waals surface area contributed by atoms with Gasteiger partial charge in [-0.3, -0.25) is 0 Å². The number of benzene rings is 8. The van der Waals surface area contributed by atoms with Crippen molar-refractivity contribution in [3.8, 4) is 11.1 Å². The first-order valence-electron chi connectivity index (χ1n) is 26.2. The SMILES string of the molecule is CCN(CC)c1ccc(P(c2ccc(N(CC)CC)cc2)c2ccc3ccccc3c2-c2c(P(c3ccc(N(CC)CC)cc3)c3ccc(N(CC)CC)cc3)ccc3ccccc23)cc1.CN(C)[C](=O)[Ru]([Cl])[Cl]. The summed E-state index contributed by atoms with van der Waals surface area (Å²) in [7, 11) is 11.9. The predicted molar refractivity (Wildman–Crippen MR) is 329 cm³/mol. The summed E-state index contributed by atoms with van der Waals surface area (Å²) in [5.74, 6) is 0. The van der Waals surface area contributed by atoms with Crippen molar-refractivity contribution >= 4 is 116 Å². The van der Waals surface area contributed by atoms with E-state index in [2.05, 4.69) is 245 Å². The van der Waals surface area contributed by atoms with Crippen LogP contribution in [0.5, 0.6) is 0 Å². The second-order valence-corrected chi connectivity index (χ2v) is 28.1. The molecule has 0 unspecified atom stereocenters. The molecule has 6 nitrogen and oxygen atoms in total. The van der Waals surface area contributed by atoms with Gasteiger partial charge in [0.2, 0.25) is 0 Å². The van der Waals surface area contributed by atoms with Gasteiger partial charge in [-0.05, 0) is 184 Å². The topological polar surface area (TPSA) is 33.3 Å². The third-order valence-corrected chi connectivity index (χ3v) is 21.6. The van der Waals surface area contributed by atoms with Gasteiger partial charge in [-0.15, -0.1) is 0 Å². The Hall–Kier alpha value is -4.99. The first-order chi connectivity index (χ1) is 35.9. The molecule has 0 saturated carbocycles. The van der Waals surface area contributed by atoms with Gasteiger partial charge >= 0.3 is 61.6 Å². The molecule has 0 atom stereocenters. The Labute approximate surface area is 458 Å². The van der Waals surface area contributed by atoms with E-state index in [9.17, 15) is 4.79 Å². The minimum atomic E-state index is -2.13. The minimum absolute atomic E-state index is 0.141. The van der Waals surface area contributed by atoms with Crippen molar-refractivity contribution in [3.05, 3.63) is 170 Å². The summed E-state index contributed by atoms with van der Waals surface area (Å²) < 4.78 is -0.141. The van der Waals surface area contributed by atoms with Crippen molar-refractivity contribution in [2.45, 2.75) is 55.4 Å². The number of carbonyl (C=O) groups excluding carboxylic acids is 1. The maximum atomic E-state index is 10.6. The van der Waals surface area contributed by atoms with Crippen LogP contribution in [0.3, 0.4) is 0 Å². The van der Waals surface area contributed by atoms with E-state index < -0.39 is 29.8 Å². The second kappa shape index (κ2) is 27.2. The summed E-state index contributed by atoms with van der Waals surface area (Å²) in [6, 6.07) is 66.1. The zero-order chi connectivity index (χ0) is 52.9. The van der Waals surface area contributed by atoms with Crippen LogP contribution in [0.25, 0.3) is 32.7 Å². The van der Waals surface area contributed by atoms with Crippen molar-refractivity contribution in [2.24, 2.45) is 0 Å². The van der Waals surface area contributed by atoms with E-state index >= 15 is 0 Å². The van der Waals surface area contributed by atoms with E-state index in [4.69, 9.17) is 19.4 Å². The number of hydrogen-bond donors (Lipinski definition) is 0. The molecule has 0 aliphatic heterocycles. The molecule has 0 aromatic heterocycles. The Balaban J connectivity index is 0.000000923. The molecule has 8 aromatic carbocycles. The molecule has 389 valence electrons. The van der Waals surface area contributed by atoms with Crippen LogP contribution in [-0.4, -0.2) is 75.9 Å². The number of nitrogens with zero attached hydrogens (tertiary/aromatic N) is 5. The molecular weight excluding hydrogens is 1080 g/mol. The molecule has 0 saturated heterocycles. The third kappa shape index (κ3) is 12.8. The molecule has 11 heteroatoms. The fourth-order valence-electron chi connectivity index (χ4n) is 10.00. The number of carbonyl (C=O) groups is 1. The molecule has 8 aromatic rings. The van der Waals surface area contributed by atoms with Crippen LogP contribution in [0.15, 0.2) is 170 Å². The predicted octanol–water partition coefficient (Wildman–Crippen LogP) is 14.2. The summed E-state index contributed by atoms with van der Waals surface area (Å²) in [6.45, 7) is 25.8. The molecule has 1 amide bonds. The van der Waals surface area contributed by atoms with Crippen LogP contribution in [0.2, 0.25) is 0 Å². The van der Waals surface area contributed by atoms with Gasteiger partial charge < -0.3 is 19.6 Å². The van der Waals surface area contributed by atoms with Crippen LogP contribution in [0.1, 0.15) is 55.4 Å². The van der Waals surface area contributed by atoms with E-state index in [-0.39, 0.29) is 4.50 Å². The van der Waals surface area contributed by atoms with E-state index in [1.165, 1.54) is 92.1 Å². The van der Waals surface area contributed by atoms with Crippen molar-refractivity contribution in [1.82, 2.24) is 4.90 Å². The van der Waals surface area contributed by atoms with Crippen molar-refractivity contribution in [1.29, 1.82) is 0 Å². The molecule has 0 aliphatic carbocycles. The van der Waals surface area contributed by atoms with E-state index in [0.29, 0.717) is 0 Å². The monoisotopic (exact) mass is 1150 g/mol. The number of rotatable bonds is 20. The van der Waals surface area contributed by atoms with Crippen molar-refractivity contribution < 1.29 is 18.8 Å². The van der Waals surface area contributed by atoms with Crippen molar-refractivity contribution in [2.75, 3.05) is 86.1 Å². The van der Waals surface area contributed by atoms with Gasteiger partial charge in [0.15, 0.2) is 0 Å². The van der Waals surface area contributed by atoms with E-state index in [1.54, 1.807) is 14.1 Å². The summed E-state index contributed by atoms with van der Waals surface area (Å²) in [5, 5.41) is 13.3. The van der Waals surface area contributed by atoms with Crippen LogP contribution in [0.4, 0.5) is 27.5 Å². The van der Waals surface area contributed by atoms with Crippen LogP contribution >= 0.6 is 35.2 Å². The molecule has 0 bridgehead atoms. The average molecular weight is 1150 g/mol. The summed E-state index contributed by atoms with van der Waals surface area (Å²) in [5.41, 5.74) is 7.79. The van der Waals surface area contributed by atoms with Crippen LogP contribution in [-0.2, 0) is 14.0 Å². The number of amides is 1. The Morgan fingerprint density at radius 2 is 0.635 bits per heavy atom. The Morgan fingerprint density at radius 3 is 0.851 bits per heavy atom. The Kier molecular flexibility index (Phi) is 20.8. The van der Waals surface area contributed by atoms with Gasteiger partial charge in [0.05, 0.1) is 0 Å². The summed E-state index contributed by atoms with van der Waals surface area (Å²) in [6.07, 6.45) is 0. The zero-order valence-electron chi connectivity index (χ0n) is 45.0.